The molecular formula is C18H17NO2. The number of hydrogen-bond acceptors (Lipinski definition) is 2. The van der Waals surface area contributed by atoms with E-state index in [-0.39, 0.29) is 17.1 Å². The van der Waals surface area contributed by atoms with Crippen molar-refractivity contribution in [3.63, 3.8) is 0 Å². The van der Waals surface area contributed by atoms with Crippen LogP contribution in [0.15, 0.2) is 59.4 Å². The molecule has 1 saturated carbocycles. The lowest BCUT2D eigenvalue weighted by atomic mass is 9.78. The van der Waals surface area contributed by atoms with E-state index >= 15 is 0 Å². The normalized spacial score (nSPS) is 38.3. The molecule has 1 aliphatic heterocycles. The minimum absolute atomic E-state index is 0.0318. The molecule has 4 aliphatic rings. The molecule has 1 amide bonds. The minimum Gasteiger partial charge on any atom is -0.315 e. The van der Waals surface area contributed by atoms with Gasteiger partial charge in [-0.3, -0.25) is 9.59 Å². The van der Waals surface area contributed by atoms with Gasteiger partial charge in [0, 0.05) is 36.2 Å². The van der Waals surface area contributed by atoms with Crippen molar-refractivity contribution in [2.24, 2.45) is 11.3 Å². The molecule has 0 N–H and O–H groups in total. The first-order valence-corrected chi connectivity index (χ1v) is 7.43. The second-order valence-corrected chi connectivity index (χ2v) is 6.14. The largest absolute Gasteiger partial charge is 0.315 e. The lowest BCUT2D eigenvalue weighted by molar-refractivity contribution is -0.126. The van der Waals surface area contributed by atoms with Crippen LogP contribution < -0.4 is 0 Å². The molecule has 0 aromatic carbocycles. The van der Waals surface area contributed by atoms with Gasteiger partial charge in [0.15, 0.2) is 5.78 Å². The number of amides is 1. The highest BCUT2D eigenvalue weighted by molar-refractivity contribution is 6.11. The molecule has 0 aromatic heterocycles. The van der Waals surface area contributed by atoms with E-state index in [0.717, 1.165) is 36.2 Å². The van der Waals surface area contributed by atoms with Crippen LogP contribution in [0.3, 0.4) is 0 Å². The Kier molecular flexibility index (Phi) is 2.49. The van der Waals surface area contributed by atoms with Gasteiger partial charge in [-0.25, -0.2) is 0 Å². The van der Waals surface area contributed by atoms with Crippen molar-refractivity contribution >= 4 is 11.7 Å². The van der Waals surface area contributed by atoms with Gasteiger partial charge in [-0.1, -0.05) is 36.5 Å². The zero-order chi connectivity index (χ0) is 14.6. The number of ketones is 1. The minimum atomic E-state index is -0.0832. The Morgan fingerprint density at radius 2 is 2.19 bits per heavy atom. The molecule has 1 heterocycles. The summed E-state index contributed by atoms with van der Waals surface area (Å²) in [5, 5.41) is 0. The fraction of sp³-hybridized carbons (Fsp3) is 0.333. The Hall–Kier alpha value is -2.16. The molecule has 4 rings (SSSR count). The van der Waals surface area contributed by atoms with Crippen molar-refractivity contribution in [3.05, 3.63) is 59.4 Å². The molecule has 2 atom stereocenters. The number of carbonyl (C=O) groups is 2. The van der Waals surface area contributed by atoms with Crippen LogP contribution in [0.25, 0.3) is 0 Å². The van der Waals surface area contributed by atoms with Crippen molar-refractivity contribution in [1.29, 1.82) is 0 Å². The molecule has 0 bridgehead atoms. The van der Waals surface area contributed by atoms with Gasteiger partial charge < -0.3 is 4.90 Å². The number of nitrogens with zero attached hydrogens (tertiary/aromatic N) is 1. The maximum absolute atomic E-state index is 12.5. The van der Waals surface area contributed by atoms with Crippen LogP contribution in [0, 0.1) is 11.3 Å². The third-order valence-corrected chi connectivity index (χ3v) is 5.02. The van der Waals surface area contributed by atoms with E-state index in [1.165, 1.54) is 0 Å². The van der Waals surface area contributed by atoms with Gasteiger partial charge in [-0.05, 0) is 24.3 Å². The molecule has 106 valence electrons. The first-order chi connectivity index (χ1) is 10.1. The van der Waals surface area contributed by atoms with E-state index in [9.17, 15) is 9.59 Å². The summed E-state index contributed by atoms with van der Waals surface area (Å²) in [5.74, 6) is 0.538. The number of hydrogen-bond donors (Lipinski definition) is 0. The molecule has 0 radical (unpaired) electrons. The van der Waals surface area contributed by atoms with Crippen LogP contribution in [-0.2, 0) is 9.59 Å². The highest BCUT2D eigenvalue weighted by Gasteiger charge is 2.67. The van der Waals surface area contributed by atoms with E-state index in [1.54, 1.807) is 17.9 Å². The van der Waals surface area contributed by atoms with Gasteiger partial charge in [-0.2, -0.15) is 0 Å². The first kappa shape index (κ1) is 12.6. The van der Waals surface area contributed by atoms with Crippen molar-refractivity contribution in [2.75, 3.05) is 6.54 Å². The van der Waals surface area contributed by atoms with E-state index in [2.05, 4.69) is 6.08 Å². The third kappa shape index (κ3) is 1.60. The van der Waals surface area contributed by atoms with Crippen molar-refractivity contribution in [1.82, 2.24) is 4.90 Å². The van der Waals surface area contributed by atoms with Crippen LogP contribution in [0.5, 0.6) is 0 Å². The fourth-order valence-electron chi connectivity index (χ4n) is 3.98. The maximum Gasteiger partial charge on any atom is 0.223 e. The first-order valence-electron chi connectivity index (χ1n) is 7.43. The summed E-state index contributed by atoms with van der Waals surface area (Å²) in [4.78, 5) is 26.1. The van der Waals surface area contributed by atoms with Crippen molar-refractivity contribution in [3.8, 4) is 0 Å². The van der Waals surface area contributed by atoms with E-state index in [0.29, 0.717) is 5.92 Å². The Morgan fingerprint density at radius 3 is 3.00 bits per heavy atom. The molecule has 1 saturated heterocycles. The zero-order valence-electron chi connectivity index (χ0n) is 12.0. The predicted octanol–water partition coefficient (Wildman–Crippen LogP) is 2.69. The van der Waals surface area contributed by atoms with E-state index < -0.39 is 0 Å². The average molecular weight is 279 g/mol. The highest BCUT2D eigenvalue weighted by atomic mass is 16.2. The zero-order valence-corrected chi connectivity index (χ0v) is 12.0. The molecule has 3 aliphatic carbocycles. The molecule has 2 fully saturated rings. The summed E-state index contributed by atoms with van der Waals surface area (Å²) in [5.41, 5.74) is 2.77. The Labute approximate surface area is 124 Å². The number of piperidine rings is 1. The standard InChI is InChI=1S/C18H17NO2/c1-12(20)19-11-13-10-18(13)15-8-6-4-2-3-5-7-14(15)16(21)9-17(18)19/h2-4,6-9,13H,5,10-11H2,1H3/b3-2-,6-4-,14-7?,15-8+/t13-,18-/m1/s1. The summed E-state index contributed by atoms with van der Waals surface area (Å²) in [7, 11) is 0. The van der Waals surface area contributed by atoms with E-state index in [4.69, 9.17) is 0 Å². The van der Waals surface area contributed by atoms with Crippen LogP contribution in [0.1, 0.15) is 19.8 Å². The van der Waals surface area contributed by atoms with Gasteiger partial charge in [-0.15, -0.1) is 0 Å². The quantitative estimate of drug-likeness (QED) is 0.683. The molecule has 0 unspecified atom stereocenters. The fourth-order valence-corrected chi connectivity index (χ4v) is 3.98. The summed E-state index contributed by atoms with van der Waals surface area (Å²) < 4.78 is 0. The summed E-state index contributed by atoms with van der Waals surface area (Å²) in [6, 6.07) is 0. The molecule has 3 nitrogen and oxygen atoms in total. The predicted molar refractivity (Wildman–Crippen MR) is 80.1 cm³/mol. The van der Waals surface area contributed by atoms with E-state index in [1.807, 2.05) is 30.4 Å². The van der Waals surface area contributed by atoms with Gasteiger partial charge in [0.2, 0.25) is 5.91 Å². The summed E-state index contributed by atoms with van der Waals surface area (Å²) in [6.07, 6.45) is 15.7. The number of carbonyl (C=O) groups excluding carboxylic acids is 2. The lowest BCUT2D eigenvalue weighted by Gasteiger charge is -2.30. The molecule has 21 heavy (non-hydrogen) atoms. The van der Waals surface area contributed by atoms with Crippen molar-refractivity contribution < 1.29 is 9.59 Å². The van der Waals surface area contributed by atoms with Gasteiger partial charge >= 0.3 is 0 Å². The Bertz CT molecular complexity index is 705. The number of likely N-dealkylation sites (tertiary alicyclic amines) is 1. The molecule has 0 aromatic rings. The monoisotopic (exact) mass is 279 g/mol. The summed E-state index contributed by atoms with van der Waals surface area (Å²) in [6.45, 7) is 2.33. The molecular weight excluding hydrogens is 262 g/mol. The van der Waals surface area contributed by atoms with Crippen molar-refractivity contribution in [2.45, 2.75) is 19.8 Å². The van der Waals surface area contributed by atoms with Crippen LogP contribution in [-0.4, -0.2) is 23.1 Å². The molecule has 3 heteroatoms. The van der Waals surface area contributed by atoms with Crippen LogP contribution in [0.2, 0.25) is 0 Å². The average Bonchev–Trinajstić information content (AvgIpc) is 3.02. The second kappa shape index (κ2) is 4.17. The number of rotatable bonds is 0. The summed E-state index contributed by atoms with van der Waals surface area (Å²) >= 11 is 0. The topological polar surface area (TPSA) is 37.4 Å². The van der Waals surface area contributed by atoms with Crippen LogP contribution >= 0.6 is 0 Å². The number of fused-ring (bicyclic) bond motifs is 1. The van der Waals surface area contributed by atoms with Crippen LogP contribution in [0.4, 0.5) is 0 Å². The maximum atomic E-state index is 12.5. The second-order valence-electron chi connectivity index (χ2n) is 6.14. The number of allylic oxidation sites excluding steroid dienone is 9. The van der Waals surface area contributed by atoms with Gasteiger partial charge in [0.1, 0.15) is 0 Å². The van der Waals surface area contributed by atoms with Gasteiger partial charge in [0.05, 0.1) is 0 Å². The lowest BCUT2D eigenvalue weighted by Crippen LogP contribution is -2.31. The SMILES string of the molecule is CC(=O)N1C[C@H]2C[C@@]23C1=CC(=O)C1=CC\C=C/C=C\C=C/13. The Balaban J connectivity index is 1.89. The van der Waals surface area contributed by atoms with Gasteiger partial charge in [0.25, 0.3) is 0 Å². The molecule has 1 spiro atoms. The Morgan fingerprint density at radius 1 is 1.33 bits per heavy atom. The third-order valence-electron chi connectivity index (χ3n) is 5.02. The highest BCUT2D eigenvalue weighted by Crippen LogP contribution is 2.70. The smallest absolute Gasteiger partial charge is 0.223 e.